The van der Waals surface area contributed by atoms with E-state index in [4.69, 9.17) is 5.11 Å². The molecule has 1 heterocycles. The topological polar surface area (TPSA) is 23.5 Å². The molecule has 1 aliphatic heterocycles. The van der Waals surface area contributed by atoms with Gasteiger partial charge in [0.1, 0.15) is 0 Å². The van der Waals surface area contributed by atoms with Gasteiger partial charge in [0, 0.05) is 12.1 Å². The summed E-state index contributed by atoms with van der Waals surface area (Å²) in [5.41, 5.74) is 0. The Morgan fingerprint density at radius 3 is 1.75 bits per heavy atom. The van der Waals surface area contributed by atoms with E-state index in [0.29, 0.717) is 0 Å². The van der Waals surface area contributed by atoms with Crippen molar-refractivity contribution in [2.24, 2.45) is 11.8 Å². The number of piperidine rings is 1. The molecule has 2 rings (SSSR count). The summed E-state index contributed by atoms with van der Waals surface area (Å²) in [7, 11) is 0. The molecule has 2 nitrogen and oxygen atoms in total. The zero-order chi connectivity index (χ0) is 15.0. The molecule has 0 unspecified atom stereocenters. The Kier molecular flexibility index (Phi) is 8.79. The first kappa shape index (κ1) is 18.0. The molecule has 2 heteroatoms. The van der Waals surface area contributed by atoms with Crippen LogP contribution in [0.1, 0.15) is 79.1 Å². The van der Waals surface area contributed by atoms with Crippen molar-refractivity contribution >= 4 is 0 Å². The standard InChI is InChI=1S/C15H29N.C3H8O/c1-13(2)16-10-8-15(9-11-16)12-14-6-4-3-5-7-14;1-3(2)4/h13-15H,3-12H2,1-2H3;3-4H,1-2H3. The monoisotopic (exact) mass is 283 g/mol. The van der Waals surface area contributed by atoms with E-state index in [9.17, 15) is 0 Å². The largest absolute Gasteiger partial charge is 0.394 e. The minimum absolute atomic E-state index is 0.167. The first-order chi connectivity index (χ1) is 9.49. The fourth-order valence-electron chi connectivity index (χ4n) is 3.60. The van der Waals surface area contributed by atoms with Crippen molar-refractivity contribution < 1.29 is 5.11 Å². The SMILES string of the molecule is CC(C)N1CCC(CC2CCCCC2)CC1.CC(C)O. The lowest BCUT2D eigenvalue weighted by Crippen LogP contribution is -2.38. The van der Waals surface area contributed by atoms with Gasteiger partial charge in [-0.15, -0.1) is 0 Å². The number of likely N-dealkylation sites (tertiary alicyclic amines) is 1. The summed E-state index contributed by atoms with van der Waals surface area (Å²) in [5, 5.41) is 8.06. The molecule has 0 amide bonds. The van der Waals surface area contributed by atoms with E-state index in [1.807, 2.05) is 0 Å². The predicted molar refractivity (Wildman–Crippen MR) is 88.0 cm³/mol. The number of aliphatic hydroxyl groups excluding tert-OH is 1. The third-order valence-electron chi connectivity index (χ3n) is 4.77. The minimum atomic E-state index is -0.167. The summed E-state index contributed by atoms with van der Waals surface area (Å²) in [6.45, 7) is 10.8. The van der Waals surface area contributed by atoms with Gasteiger partial charge in [0.25, 0.3) is 0 Å². The van der Waals surface area contributed by atoms with Crippen LogP contribution < -0.4 is 0 Å². The lowest BCUT2D eigenvalue weighted by atomic mass is 9.80. The van der Waals surface area contributed by atoms with E-state index in [2.05, 4.69) is 18.7 Å². The van der Waals surface area contributed by atoms with Crippen LogP contribution >= 0.6 is 0 Å². The van der Waals surface area contributed by atoms with E-state index in [0.717, 1.165) is 17.9 Å². The third-order valence-corrected chi connectivity index (χ3v) is 4.77. The predicted octanol–water partition coefficient (Wildman–Crippen LogP) is 4.46. The highest BCUT2D eigenvalue weighted by Gasteiger charge is 2.24. The first-order valence-electron chi connectivity index (χ1n) is 8.91. The molecule has 0 radical (unpaired) electrons. The summed E-state index contributed by atoms with van der Waals surface area (Å²) in [6, 6.07) is 0.760. The molecule has 20 heavy (non-hydrogen) atoms. The Bertz CT molecular complexity index is 223. The minimum Gasteiger partial charge on any atom is -0.394 e. The average molecular weight is 283 g/mol. The van der Waals surface area contributed by atoms with Gasteiger partial charge in [-0.25, -0.2) is 0 Å². The van der Waals surface area contributed by atoms with Crippen LogP contribution in [0.15, 0.2) is 0 Å². The Hall–Kier alpha value is -0.0800. The molecule has 0 aromatic rings. The molecular weight excluding hydrogens is 246 g/mol. The van der Waals surface area contributed by atoms with Gasteiger partial charge >= 0.3 is 0 Å². The molecule has 2 fully saturated rings. The Labute approximate surface area is 126 Å². The Balaban J connectivity index is 0.000000444. The molecule has 0 aromatic heterocycles. The van der Waals surface area contributed by atoms with Crippen molar-refractivity contribution in [3.05, 3.63) is 0 Å². The summed E-state index contributed by atoms with van der Waals surface area (Å²) in [4.78, 5) is 2.65. The number of nitrogens with zero attached hydrogens (tertiary/aromatic N) is 1. The maximum absolute atomic E-state index is 8.06. The van der Waals surface area contributed by atoms with E-state index in [-0.39, 0.29) is 6.10 Å². The Morgan fingerprint density at radius 1 is 0.850 bits per heavy atom. The van der Waals surface area contributed by atoms with Crippen LogP contribution in [0.2, 0.25) is 0 Å². The molecule has 0 bridgehead atoms. The summed E-state index contributed by atoms with van der Waals surface area (Å²) in [5.74, 6) is 2.14. The lowest BCUT2D eigenvalue weighted by Gasteiger charge is -2.36. The second-order valence-corrected chi connectivity index (χ2v) is 7.41. The molecular formula is C18H37NO. The highest BCUT2D eigenvalue weighted by Crippen LogP contribution is 2.33. The van der Waals surface area contributed by atoms with Gasteiger partial charge in [0.15, 0.2) is 0 Å². The van der Waals surface area contributed by atoms with Crippen LogP contribution in [-0.2, 0) is 0 Å². The second kappa shape index (κ2) is 9.78. The molecule has 0 aromatic carbocycles. The smallest absolute Gasteiger partial charge is 0.0483 e. The highest BCUT2D eigenvalue weighted by molar-refractivity contribution is 4.77. The van der Waals surface area contributed by atoms with E-state index < -0.39 is 0 Å². The van der Waals surface area contributed by atoms with Crippen LogP contribution in [0, 0.1) is 11.8 Å². The molecule has 120 valence electrons. The molecule has 1 N–H and O–H groups in total. The molecule has 1 saturated carbocycles. The van der Waals surface area contributed by atoms with Crippen molar-refractivity contribution in [3.8, 4) is 0 Å². The second-order valence-electron chi connectivity index (χ2n) is 7.41. The fraction of sp³-hybridized carbons (Fsp3) is 1.00. The lowest BCUT2D eigenvalue weighted by molar-refractivity contribution is 0.131. The van der Waals surface area contributed by atoms with Crippen molar-refractivity contribution in [1.29, 1.82) is 0 Å². The third kappa shape index (κ3) is 7.64. The molecule has 1 aliphatic carbocycles. The number of hydrogen-bond acceptors (Lipinski definition) is 2. The van der Waals surface area contributed by atoms with Gasteiger partial charge in [-0.2, -0.15) is 0 Å². The van der Waals surface area contributed by atoms with Crippen molar-refractivity contribution in [1.82, 2.24) is 4.90 Å². The number of rotatable bonds is 3. The molecule has 0 spiro atoms. The van der Waals surface area contributed by atoms with Gasteiger partial charge in [-0.3, -0.25) is 0 Å². The van der Waals surface area contributed by atoms with E-state index in [1.54, 1.807) is 20.3 Å². The van der Waals surface area contributed by atoms with Crippen LogP contribution in [-0.4, -0.2) is 35.2 Å². The van der Waals surface area contributed by atoms with Gasteiger partial charge in [-0.05, 0) is 71.9 Å². The number of aliphatic hydroxyl groups is 1. The molecule has 1 saturated heterocycles. The number of hydrogen-bond donors (Lipinski definition) is 1. The van der Waals surface area contributed by atoms with Gasteiger partial charge in [-0.1, -0.05) is 32.1 Å². The van der Waals surface area contributed by atoms with Crippen LogP contribution in [0.3, 0.4) is 0 Å². The fourth-order valence-corrected chi connectivity index (χ4v) is 3.60. The van der Waals surface area contributed by atoms with Crippen LogP contribution in [0.25, 0.3) is 0 Å². The van der Waals surface area contributed by atoms with Gasteiger partial charge in [0.2, 0.25) is 0 Å². The molecule has 2 aliphatic rings. The highest BCUT2D eigenvalue weighted by atomic mass is 16.3. The summed E-state index contributed by atoms with van der Waals surface area (Å²) < 4.78 is 0. The average Bonchev–Trinajstić information content (AvgIpc) is 2.40. The first-order valence-corrected chi connectivity index (χ1v) is 8.91. The van der Waals surface area contributed by atoms with Gasteiger partial charge < -0.3 is 10.0 Å². The van der Waals surface area contributed by atoms with Crippen molar-refractivity contribution in [2.45, 2.75) is 91.2 Å². The van der Waals surface area contributed by atoms with Crippen LogP contribution in [0.5, 0.6) is 0 Å². The normalized spacial score (nSPS) is 22.9. The van der Waals surface area contributed by atoms with Crippen LogP contribution in [0.4, 0.5) is 0 Å². The molecule has 0 atom stereocenters. The summed E-state index contributed by atoms with van der Waals surface area (Å²) in [6.07, 6.45) is 11.9. The maximum atomic E-state index is 8.06. The zero-order valence-electron chi connectivity index (χ0n) is 14.3. The van der Waals surface area contributed by atoms with E-state index >= 15 is 0 Å². The van der Waals surface area contributed by atoms with E-state index in [1.165, 1.54) is 58.0 Å². The van der Waals surface area contributed by atoms with Gasteiger partial charge in [0.05, 0.1) is 0 Å². The van der Waals surface area contributed by atoms with Crippen molar-refractivity contribution in [2.75, 3.05) is 13.1 Å². The summed E-state index contributed by atoms with van der Waals surface area (Å²) >= 11 is 0. The quantitative estimate of drug-likeness (QED) is 0.826. The zero-order valence-corrected chi connectivity index (χ0v) is 14.3. The maximum Gasteiger partial charge on any atom is 0.0483 e. The Morgan fingerprint density at radius 2 is 1.30 bits per heavy atom. The van der Waals surface area contributed by atoms with Crippen molar-refractivity contribution in [3.63, 3.8) is 0 Å².